The summed E-state index contributed by atoms with van der Waals surface area (Å²) in [5.74, 6) is -0.479. The van der Waals surface area contributed by atoms with Gasteiger partial charge in [0, 0.05) is 51.1 Å². The zero-order valence-electron chi connectivity index (χ0n) is 16.3. The Kier molecular flexibility index (Phi) is 5.58. The number of aromatic nitrogens is 5. The number of non-ortho nitro benzene ring substituents is 1. The Balaban J connectivity index is 1.71. The van der Waals surface area contributed by atoms with Gasteiger partial charge in [0.25, 0.3) is 11.6 Å². The molecule has 0 atom stereocenters. The molecule has 0 fully saturated rings. The normalized spacial score (nSPS) is 11.1. The van der Waals surface area contributed by atoms with Crippen LogP contribution in [0.5, 0.6) is 0 Å². The smallest absolute Gasteiger partial charge is 0.276 e. The minimum Gasteiger partial charge on any atom is -0.319 e. The van der Waals surface area contributed by atoms with E-state index in [1.165, 1.54) is 12.1 Å². The number of amides is 1. The van der Waals surface area contributed by atoms with Gasteiger partial charge in [-0.1, -0.05) is 0 Å². The molecule has 1 N–H and O–H groups in total. The molecule has 158 valence electrons. The van der Waals surface area contributed by atoms with Crippen molar-refractivity contribution in [2.75, 3.05) is 5.32 Å². The van der Waals surface area contributed by atoms with Crippen LogP contribution in [0.25, 0.3) is 16.9 Å². The molecular formula is C19H15Br2N7O3. The number of nitro benzene ring substituents is 1. The Morgan fingerprint density at radius 1 is 1.26 bits per heavy atom. The molecule has 1 amide bonds. The van der Waals surface area contributed by atoms with Gasteiger partial charge in [-0.2, -0.15) is 10.2 Å². The van der Waals surface area contributed by atoms with E-state index in [-0.39, 0.29) is 11.4 Å². The van der Waals surface area contributed by atoms with Crippen molar-refractivity contribution in [1.82, 2.24) is 24.4 Å². The third-order valence-corrected chi connectivity index (χ3v) is 6.00. The van der Waals surface area contributed by atoms with Crippen LogP contribution in [0.1, 0.15) is 23.1 Å². The molecule has 0 radical (unpaired) electrons. The Hall–Kier alpha value is -3.12. The Morgan fingerprint density at radius 2 is 1.97 bits per heavy atom. The molecule has 4 rings (SSSR count). The van der Waals surface area contributed by atoms with Gasteiger partial charge in [0.1, 0.15) is 0 Å². The standard InChI is InChI=1S/C19H15Br2N7O3/c1-3-26-10(2)12(9-23-26)16-4-5-22-17-8-15(25-27(16)17)19(29)24-18-13(20)6-11(28(30)31)7-14(18)21/h4-9H,3H2,1-2H3,(H,24,29). The van der Waals surface area contributed by atoms with E-state index in [1.54, 1.807) is 23.0 Å². The van der Waals surface area contributed by atoms with Crippen molar-refractivity contribution < 1.29 is 9.72 Å². The van der Waals surface area contributed by atoms with Crippen LogP contribution in [0.15, 0.2) is 45.6 Å². The number of rotatable bonds is 5. The van der Waals surface area contributed by atoms with Crippen molar-refractivity contribution >= 4 is 54.8 Å². The molecule has 3 heterocycles. The lowest BCUT2D eigenvalue weighted by Crippen LogP contribution is -2.14. The fourth-order valence-corrected chi connectivity index (χ4v) is 4.55. The molecule has 12 heteroatoms. The first-order valence-corrected chi connectivity index (χ1v) is 10.7. The average molecular weight is 549 g/mol. The number of nitrogens with one attached hydrogen (secondary N) is 1. The quantitative estimate of drug-likeness (QED) is 0.287. The number of carbonyl (C=O) groups excluding carboxylic acids is 1. The van der Waals surface area contributed by atoms with E-state index in [4.69, 9.17) is 0 Å². The SMILES string of the molecule is CCn1ncc(-c2ccnc3cc(C(=O)Nc4c(Br)cc([N+](=O)[O-])cc4Br)nn23)c1C. The average Bonchev–Trinajstić information content (AvgIpc) is 3.33. The first-order valence-electron chi connectivity index (χ1n) is 9.12. The van der Waals surface area contributed by atoms with Crippen molar-refractivity contribution in [2.45, 2.75) is 20.4 Å². The highest BCUT2D eigenvalue weighted by Crippen LogP contribution is 2.35. The van der Waals surface area contributed by atoms with Gasteiger partial charge in [-0.3, -0.25) is 19.6 Å². The Bertz CT molecular complexity index is 1320. The lowest BCUT2D eigenvalue weighted by Gasteiger charge is -2.08. The molecule has 0 saturated heterocycles. The van der Waals surface area contributed by atoms with Gasteiger partial charge in [0.2, 0.25) is 0 Å². The molecule has 4 aromatic rings. The number of fused-ring (bicyclic) bond motifs is 1. The van der Waals surface area contributed by atoms with Gasteiger partial charge in [-0.05, 0) is 51.8 Å². The van der Waals surface area contributed by atoms with E-state index < -0.39 is 10.8 Å². The summed E-state index contributed by atoms with van der Waals surface area (Å²) in [5.41, 5.74) is 3.55. The predicted octanol–water partition coefficient (Wildman–Crippen LogP) is 4.61. The number of hydrogen-bond acceptors (Lipinski definition) is 6. The summed E-state index contributed by atoms with van der Waals surface area (Å²) in [7, 11) is 0. The molecule has 1 aromatic carbocycles. The van der Waals surface area contributed by atoms with Gasteiger partial charge in [-0.15, -0.1) is 0 Å². The number of nitrogens with zero attached hydrogens (tertiary/aromatic N) is 6. The van der Waals surface area contributed by atoms with E-state index in [9.17, 15) is 14.9 Å². The third kappa shape index (κ3) is 3.83. The van der Waals surface area contributed by atoms with Crippen LogP contribution >= 0.6 is 31.9 Å². The van der Waals surface area contributed by atoms with Crippen LogP contribution in [0.2, 0.25) is 0 Å². The molecule has 0 aliphatic heterocycles. The maximum Gasteiger partial charge on any atom is 0.276 e. The fraction of sp³-hybridized carbons (Fsp3) is 0.158. The minimum atomic E-state index is -0.515. The molecule has 0 unspecified atom stereocenters. The molecule has 0 aliphatic rings. The van der Waals surface area contributed by atoms with Crippen LogP contribution in [-0.2, 0) is 6.54 Å². The maximum atomic E-state index is 12.9. The molecule has 31 heavy (non-hydrogen) atoms. The monoisotopic (exact) mass is 547 g/mol. The molecule has 0 spiro atoms. The number of benzene rings is 1. The molecule has 10 nitrogen and oxygen atoms in total. The second-order valence-electron chi connectivity index (χ2n) is 6.58. The summed E-state index contributed by atoms with van der Waals surface area (Å²) in [6, 6.07) is 6.02. The van der Waals surface area contributed by atoms with Crippen LogP contribution in [0.4, 0.5) is 11.4 Å². The van der Waals surface area contributed by atoms with Gasteiger partial charge in [0.05, 0.1) is 22.5 Å². The number of nitro groups is 1. The largest absolute Gasteiger partial charge is 0.319 e. The molecular weight excluding hydrogens is 534 g/mol. The molecule has 0 aliphatic carbocycles. The van der Waals surface area contributed by atoms with Crippen molar-refractivity contribution in [1.29, 1.82) is 0 Å². The minimum absolute atomic E-state index is 0.110. The van der Waals surface area contributed by atoms with Crippen molar-refractivity contribution in [3.05, 3.63) is 67.1 Å². The zero-order chi connectivity index (χ0) is 22.3. The van der Waals surface area contributed by atoms with Crippen LogP contribution in [-0.4, -0.2) is 35.2 Å². The summed E-state index contributed by atoms with van der Waals surface area (Å²) in [5, 5.41) is 22.5. The number of hydrogen-bond donors (Lipinski definition) is 1. The van der Waals surface area contributed by atoms with E-state index in [0.29, 0.717) is 20.3 Å². The summed E-state index contributed by atoms with van der Waals surface area (Å²) in [6.45, 7) is 4.72. The Labute approximate surface area is 192 Å². The van der Waals surface area contributed by atoms with Crippen molar-refractivity contribution in [2.24, 2.45) is 0 Å². The van der Waals surface area contributed by atoms with E-state index in [2.05, 4.69) is 52.4 Å². The van der Waals surface area contributed by atoms with Gasteiger partial charge in [-0.25, -0.2) is 9.50 Å². The number of aryl methyl sites for hydroxylation is 1. The Morgan fingerprint density at radius 3 is 2.58 bits per heavy atom. The predicted molar refractivity (Wildman–Crippen MR) is 121 cm³/mol. The van der Waals surface area contributed by atoms with Gasteiger partial charge < -0.3 is 5.32 Å². The van der Waals surface area contributed by atoms with Crippen LogP contribution in [0.3, 0.4) is 0 Å². The maximum absolute atomic E-state index is 12.9. The second-order valence-corrected chi connectivity index (χ2v) is 8.29. The van der Waals surface area contributed by atoms with Crippen molar-refractivity contribution in [3.63, 3.8) is 0 Å². The van der Waals surface area contributed by atoms with Crippen LogP contribution < -0.4 is 5.32 Å². The van der Waals surface area contributed by atoms with Gasteiger partial charge in [0.15, 0.2) is 11.3 Å². The highest BCUT2D eigenvalue weighted by Gasteiger charge is 2.20. The molecule has 0 saturated carbocycles. The lowest BCUT2D eigenvalue weighted by molar-refractivity contribution is -0.385. The summed E-state index contributed by atoms with van der Waals surface area (Å²) < 4.78 is 4.21. The highest BCUT2D eigenvalue weighted by atomic mass is 79.9. The lowest BCUT2D eigenvalue weighted by atomic mass is 10.2. The first kappa shape index (κ1) is 21.1. The summed E-state index contributed by atoms with van der Waals surface area (Å²) in [6.07, 6.45) is 3.42. The third-order valence-electron chi connectivity index (χ3n) is 4.75. The number of anilines is 1. The first-order chi connectivity index (χ1) is 14.8. The summed E-state index contributed by atoms with van der Waals surface area (Å²) in [4.78, 5) is 27.7. The number of carbonyl (C=O) groups is 1. The highest BCUT2D eigenvalue weighted by molar-refractivity contribution is 9.11. The zero-order valence-corrected chi connectivity index (χ0v) is 19.5. The van der Waals surface area contributed by atoms with E-state index >= 15 is 0 Å². The van der Waals surface area contributed by atoms with Crippen LogP contribution in [0, 0.1) is 17.0 Å². The summed E-state index contributed by atoms with van der Waals surface area (Å²) >= 11 is 6.53. The van der Waals surface area contributed by atoms with Gasteiger partial charge >= 0.3 is 0 Å². The fourth-order valence-electron chi connectivity index (χ4n) is 3.19. The van der Waals surface area contributed by atoms with E-state index in [0.717, 1.165) is 23.5 Å². The van der Waals surface area contributed by atoms with Crippen molar-refractivity contribution in [3.8, 4) is 11.3 Å². The molecule has 3 aromatic heterocycles. The molecule has 0 bridgehead atoms. The second kappa shape index (κ2) is 8.19. The van der Waals surface area contributed by atoms with E-state index in [1.807, 2.05) is 24.6 Å². The number of halogens is 2. The topological polar surface area (TPSA) is 120 Å².